The van der Waals surface area contributed by atoms with Crippen molar-refractivity contribution < 1.29 is 13.2 Å². The molecular formula is C12H18N2O3S2. The summed E-state index contributed by atoms with van der Waals surface area (Å²) in [4.78, 5) is 1.33. The van der Waals surface area contributed by atoms with Gasteiger partial charge in [0.1, 0.15) is 0 Å². The Balaban J connectivity index is 1.88. The molecule has 2 fully saturated rings. The number of morpholine rings is 1. The van der Waals surface area contributed by atoms with Crippen LogP contribution < -0.4 is 5.32 Å². The third-order valence-corrected chi connectivity index (χ3v) is 6.64. The SMILES string of the molecule is CNCc1sccc1S(=O)(=O)N1CC2CCC(C1)O2. The highest BCUT2D eigenvalue weighted by Crippen LogP contribution is 2.32. The van der Waals surface area contributed by atoms with E-state index in [2.05, 4.69) is 5.32 Å². The van der Waals surface area contributed by atoms with Crippen LogP contribution in [-0.2, 0) is 21.3 Å². The molecule has 2 bridgehead atoms. The fourth-order valence-corrected chi connectivity index (χ4v) is 5.69. The molecule has 2 aliphatic rings. The molecule has 0 aromatic carbocycles. The lowest BCUT2D eigenvalue weighted by Crippen LogP contribution is -2.45. The van der Waals surface area contributed by atoms with Gasteiger partial charge in [0.25, 0.3) is 0 Å². The highest BCUT2D eigenvalue weighted by molar-refractivity contribution is 7.89. The molecule has 2 aliphatic heterocycles. The largest absolute Gasteiger partial charge is 0.372 e. The maximum atomic E-state index is 12.7. The lowest BCUT2D eigenvalue weighted by Gasteiger charge is -2.31. The smallest absolute Gasteiger partial charge is 0.244 e. The Bertz CT molecular complexity index is 543. The van der Waals surface area contributed by atoms with E-state index in [9.17, 15) is 8.42 Å². The van der Waals surface area contributed by atoms with E-state index in [0.717, 1.165) is 17.7 Å². The third kappa shape index (κ3) is 2.45. The van der Waals surface area contributed by atoms with E-state index < -0.39 is 10.0 Å². The molecule has 1 aromatic heterocycles. The van der Waals surface area contributed by atoms with Crippen molar-refractivity contribution in [2.75, 3.05) is 20.1 Å². The Kier molecular flexibility index (Phi) is 3.65. The van der Waals surface area contributed by atoms with Gasteiger partial charge in [0.15, 0.2) is 0 Å². The monoisotopic (exact) mass is 302 g/mol. The van der Waals surface area contributed by atoms with Gasteiger partial charge in [0, 0.05) is 24.5 Å². The summed E-state index contributed by atoms with van der Waals surface area (Å²) in [6.45, 7) is 1.57. The molecule has 0 saturated carbocycles. The van der Waals surface area contributed by atoms with Crippen molar-refractivity contribution in [3.8, 4) is 0 Å². The van der Waals surface area contributed by atoms with Crippen molar-refractivity contribution in [2.24, 2.45) is 0 Å². The van der Waals surface area contributed by atoms with Crippen molar-refractivity contribution >= 4 is 21.4 Å². The minimum Gasteiger partial charge on any atom is -0.372 e. The molecule has 0 spiro atoms. The van der Waals surface area contributed by atoms with E-state index in [1.165, 1.54) is 11.3 Å². The summed E-state index contributed by atoms with van der Waals surface area (Å²) in [5, 5.41) is 4.86. The minimum atomic E-state index is -3.37. The summed E-state index contributed by atoms with van der Waals surface area (Å²) in [6.07, 6.45) is 2.12. The third-order valence-electron chi connectivity index (χ3n) is 3.67. The first-order valence-electron chi connectivity index (χ1n) is 6.48. The fourth-order valence-electron chi connectivity index (χ4n) is 2.76. The van der Waals surface area contributed by atoms with Gasteiger partial charge in [-0.2, -0.15) is 4.31 Å². The van der Waals surface area contributed by atoms with Crippen molar-refractivity contribution in [1.82, 2.24) is 9.62 Å². The van der Waals surface area contributed by atoms with E-state index >= 15 is 0 Å². The van der Waals surface area contributed by atoms with Crippen LogP contribution in [0.4, 0.5) is 0 Å². The molecule has 106 valence electrons. The lowest BCUT2D eigenvalue weighted by atomic mass is 10.2. The number of thiophene rings is 1. The number of rotatable bonds is 4. The molecular weight excluding hydrogens is 284 g/mol. The lowest BCUT2D eigenvalue weighted by molar-refractivity contribution is -0.0114. The zero-order valence-electron chi connectivity index (χ0n) is 10.8. The number of ether oxygens (including phenoxy) is 1. The van der Waals surface area contributed by atoms with E-state index in [4.69, 9.17) is 4.74 Å². The van der Waals surface area contributed by atoms with Crippen LogP contribution in [0.5, 0.6) is 0 Å². The summed E-state index contributed by atoms with van der Waals surface area (Å²) in [5.74, 6) is 0. The van der Waals surface area contributed by atoms with E-state index in [1.54, 1.807) is 10.4 Å². The topological polar surface area (TPSA) is 58.6 Å². The molecule has 1 aromatic rings. The van der Waals surface area contributed by atoms with Crippen LogP contribution in [0.25, 0.3) is 0 Å². The molecule has 2 unspecified atom stereocenters. The van der Waals surface area contributed by atoms with Crippen molar-refractivity contribution in [3.05, 3.63) is 16.3 Å². The van der Waals surface area contributed by atoms with Crippen molar-refractivity contribution in [1.29, 1.82) is 0 Å². The fraction of sp³-hybridized carbons (Fsp3) is 0.667. The first-order chi connectivity index (χ1) is 9.11. The van der Waals surface area contributed by atoms with Crippen molar-refractivity contribution in [3.63, 3.8) is 0 Å². The van der Waals surface area contributed by atoms with Gasteiger partial charge in [-0.25, -0.2) is 8.42 Å². The first kappa shape index (κ1) is 13.5. The zero-order chi connectivity index (χ0) is 13.5. The van der Waals surface area contributed by atoms with E-state index in [-0.39, 0.29) is 12.2 Å². The standard InChI is InChI=1S/C12H18N2O3S2/c1-13-6-11-12(4-5-18-11)19(15,16)14-7-9-2-3-10(8-14)17-9/h4-5,9-10,13H,2-3,6-8H2,1H3. The van der Waals surface area contributed by atoms with Crippen LogP contribution in [0, 0.1) is 0 Å². The van der Waals surface area contributed by atoms with Crippen LogP contribution in [-0.4, -0.2) is 45.1 Å². The normalized spacial score (nSPS) is 27.8. The highest BCUT2D eigenvalue weighted by atomic mass is 32.2. The highest BCUT2D eigenvalue weighted by Gasteiger charge is 2.40. The molecule has 7 heteroatoms. The molecule has 2 atom stereocenters. The Labute approximate surface area is 117 Å². The van der Waals surface area contributed by atoms with Gasteiger partial charge in [-0.1, -0.05) is 0 Å². The number of hydrogen-bond donors (Lipinski definition) is 1. The van der Waals surface area contributed by atoms with Gasteiger partial charge < -0.3 is 10.1 Å². The molecule has 3 heterocycles. The number of sulfonamides is 1. The molecule has 2 saturated heterocycles. The molecule has 0 radical (unpaired) electrons. The van der Waals surface area contributed by atoms with Gasteiger partial charge in [-0.05, 0) is 31.3 Å². The van der Waals surface area contributed by atoms with Crippen LogP contribution >= 0.6 is 11.3 Å². The van der Waals surface area contributed by atoms with Crippen LogP contribution in [0.2, 0.25) is 0 Å². The summed E-state index contributed by atoms with van der Waals surface area (Å²) >= 11 is 1.48. The Morgan fingerprint density at radius 1 is 1.42 bits per heavy atom. The first-order valence-corrected chi connectivity index (χ1v) is 8.80. The van der Waals surface area contributed by atoms with Gasteiger partial charge in [0.05, 0.1) is 17.1 Å². The van der Waals surface area contributed by atoms with Gasteiger partial charge >= 0.3 is 0 Å². The number of hydrogen-bond acceptors (Lipinski definition) is 5. The molecule has 3 rings (SSSR count). The van der Waals surface area contributed by atoms with Gasteiger partial charge in [-0.3, -0.25) is 0 Å². The van der Waals surface area contributed by atoms with E-state index in [0.29, 0.717) is 24.5 Å². The van der Waals surface area contributed by atoms with E-state index in [1.807, 2.05) is 12.4 Å². The quantitative estimate of drug-likeness (QED) is 0.902. The number of nitrogens with zero attached hydrogens (tertiary/aromatic N) is 1. The second-order valence-electron chi connectivity index (χ2n) is 5.02. The Morgan fingerprint density at radius 2 is 2.11 bits per heavy atom. The molecule has 19 heavy (non-hydrogen) atoms. The average molecular weight is 302 g/mol. The Hall–Kier alpha value is -0.470. The predicted molar refractivity (Wildman–Crippen MR) is 73.7 cm³/mol. The van der Waals surface area contributed by atoms with Gasteiger partial charge in [0.2, 0.25) is 10.0 Å². The predicted octanol–water partition coefficient (Wildman–Crippen LogP) is 1.02. The van der Waals surface area contributed by atoms with Gasteiger partial charge in [-0.15, -0.1) is 11.3 Å². The Morgan fingerprint density at radius 3 is 2.74 bits per heavy atom. The average Bonchev–Trinajstić information content (AvgIpc) is 2.97. The number of fused-ring (bicyclic) bond motifs is 2. The molecule has 0 aliphatic carbocycles. The summed E-state index contributed by atoms with van der Waals surface area (Å²) in [5.41, 5.74) is 0. The molecule has 0 amide bonds. The second-order valence-corrected chi connectivity index (χ2v) is 7.92. The van der Waals surface area contributed by atoms with Crippen LogP contribution in [0.15, 0.2) is 16.3 Å². The maximum Gasteiger partial charge on any atom is 0.244 e. The minimum absolute atomic E-state index is 0.0833. The summed E-state index contributed by atoms with van der Waals surface area (Å²) in [7, 11) is -1.55. The zero-order valence-corrected chi connectivity index (χ0v) is 12.5. The van der Waals surface area contributed by atoms with Crippen LogP contribution in [0.3, 0.4) is 0 Å². The summed E-state index contributed by atoms with van der Waals surface area (Å²) < 4.78 is 32.7. The summed E-state index contributed by atoms with van der Waals surface area (Å²) in [6, 6.07) is 1.71. The number of nitrogens with one attached hydrogen (secondary N) is 1. The van der Waals surface area contributed by atoms with Crippen LogP contribution in [0.1, 0.15) is 17.7 Å². The van der Waals surface area contributed by atoms with Crippen molar-refractivity contribution in [2.45, 2.75) is 36.5 Å². The maximum absolute atomic E-state index is 12.7. The second kappa shape index (κ2) is 5.14. The molecule has 1 N–H and O–H groups in total. The molecule has 5 nitrogen and oxygen atoms in total.